The van der Waals surface area contributed by atoms with Crippen LogP contribution in [0.2, 0.25) is 0 Å². The third-order valence-corrected chi connectivity index (χ3v) is 3.22. The van der Waals surface area contributed by atoms with Crippen molar-refractivity contribution in [3.05, 3.63) is 21.9 Å². The molecule has 1 atom stereocenters. The first-order chi connectivity index (χ1) is 8.17. The van der Waals surface area contributed by atoms with Crippen molar-refractivity contribution >= 4 is 23.7 Å². The summed E-state index contributed by atoms with van der Waals surface area (Å²) >= 11 is 1.45. The molecule has 1 aromatic heterocycles. The normalized spacial score (nSPS) is 11.9. The lowest BCUT2D eigenvalue weighted by molar-refractivity contribution is -0.110. The zero-order chi connectivity index (χ0) is 12.7. The average molecular weight is 256 g/mol. The molecule has 1 heterocycles. The van der Waals surface area contributed by atoms with E-state index in [1.54, 1.807) is 13.2 Å². The number of aryl methyl sites for hydroxylation is 1. The van der Waals surface area contributed by atoms with Gasteiger partial charge >= 0.3 is 0 Å². The number of nitrogens with one attached hydrogen (secondary N) is 2. The summed E-state index contributed by atoms with van der Waals surface area (Å²) in [6.45, 7) is 2.70. The van der Waals surface area contributed by atoms with Crippen LogP contribution in [0.5, 0.6) is 0 Å². The largest absolute Gasteiger partial charge is 0.378 e. The van der Waals surface area contributed by atoms with Gasteiger partial charge in [0.25, 0.3) is 5.91 Å². The highest BCUT2D eigenvalue weighted by atomic mass is 32.1. The van der Waals surface area contributed by atoms with Gasteiger partial charge in [0.1, 0.15) is 0 Å². The molecule has 0 bridgehead atoms. The lowest BCUT2D eigenvalue weighted by atomic mass is 10.3. The second-order valence-electron chi connectivity index (χ2n) is 3.50. The van der Waals surface area contributed by atoms with E-state index in [2.05, 4.69) is 10.6 Å². The fourth-order valence-electron chi connectivity index (χ4n) is 1.27. The quantitative estimate of drug-likeness (QED) is 0.700. The maximum atomic E-state index is 11.7. The summed E-state index contributed by atoms with van der Waals surface area (Å²) in [5, 5.41) is 5.28. The van der Waals surface area contributed by atoms with Crippen molar-refractivity contribution < 1.29 is 14.3 Å². The Morgan fingerprint density at radius 1 is 1.53 bits per heavy atom. The van der Waals surface area contributed by atoms with Crippen molar-refractivity contribution in [3.8, 4) is 0 Å². The van der Waals surface area contributed by atoms with Crippen LogP contribution in [0.1, 0.15) is 14.5 Å². The molecule has 5 nitrogen and oxygen atoms in total. The molecule has 2 amide bonds. The Hall–Kier alpha value is -1.40. The molecule has 0 aliphatic carbocycles. The lowest BCUT2D eigenvalue weighted by Crippen LogP contribution is -2.38. The van der Waals surface area contributed by atoms with E-state index in [4.69, 9.17) is 4.74 Å². The van der Waals surface area contributed by atoms with Crippen LogP contribution < -0.4 is 10.6 Å². The van der Waals surface area contributed by atoms with Gasteiger partial charge in [-0.3, -0.25) is 9.59 Å². The van der Waals surface area contributed by atoms with Crippen LogP contribution >= 0.6 is 11.3 Å². The number of thiophene rings is 1. The molecule has 0 saturated carbocycles. The van der Waals surface area contributed by atoms with Crippen LogP contribution in [0, 0.1) is 6.92 Å². The molecule has 0 saturated heterocycles. The molecule has 0 aromatic carbocycles. The maximum Gasteiger partial charge on any atom is 0.261 e. The molecule has 1 rings (SSSR count). The summed E-state index contributed by atoms with van der Waals surface area (Å²) in [6.07, 6.45) is 0.390. The van der Waals surface area contributed by atoms with Crippen LogP contribution in [0.3, 0.4) is 0 Å². The van der Waals surface area contributed by atoms with Gasteiger partial charge in [0.2, 0.25) is 6.41 Å². The Morgan fingerprint density at radius 2 is 2.29 bits per heavy atom. The van der Waals surface area contributed by atoms with Crippen LogP contribution in [0.25, 0.3) is 0 Å². The Labute approximate surface area is 104 Å². The number of rotatable bonds is 7. The summed E-state index contributed by atoms with van der Waals surface area (Å²) in [5.74, 6) is -0.115. The molecule has 17 heavy (non-hydrogen) atoms. The highest BCUT2D eigenvalue weighted by molar-refractivity contribution is 7.13. The predicted octanol–water partition coefficient (Wildman–Crippen LogP) is 0.547. The number of carbonyl (C=O) groups is 2. The topological polar surface area (TPSA) is 67.4 Å². The SMILES string of the molecule is COC(CNC=O)CNC(=O)c1ccc(C)s1. The number of methoxy groups -OCH3 is 1. The van der Waals surface area contributed by atoms with Crippen molar-refractivity contribution in [2.45, 2.75) is 13.0 Å². The summed E-state index contributed by atoms with van der Waals surface area (Å²) < 4.78 is 5.11. The molecule has 0 aliphatic rings. The minimum Gasteiger partial charge on any atom is -0.378 e. The maximum absolute atomic E-state index is 11.7. The lowest BCUT2D eigenvalue weighted by Gasteiger charge is -2.14. The van der Waals surface area contributed by atoms with Gasteiger partial charge in [0.05, 0.1) is 11.0 Å². The monoisotopic (exact) mass is 256 g/mol. The summed E-state index contributed by atoms with van der Waals surface area (Å²) in [7, 11) is 1.54. The molecule has 0 aliphatic heterocycles. The smallest absolute Gasteiger partial charge is 0.261 e. The van der Waals surface area contributed by atoms with Gasteiger partial charge in [-0.05, 0) is 19.1 Å². The number of hydrogen-bond acceptors (Lipinski definition) is 4. The highest BCUT2D eigenvalue weighted by Crippen LogP contribution is 2.14. The average Bonchev–Trinajstić information content (AvgIpc) is 2.76. The number of ether oxygens (including phenoxy) is 1. The zero-order valence-corrected chi connectivity index (χ0v) is 10.7. The van der Waals surface area contributed by atoms with Gasteiger partial charge in [-0.25, -0.2) is 0 Å². The molecule has 0 fully saturated rings. The van der Waals surface area contributed by atoms with E-state index in [9.17, 15) is 9.59 Å². The van der Waals surface area contributed by atoms with E-state index in [1.807, 2.05) is 13.0 Å². The number of amides is 2. The van der Waals surface area contributed by atoms with Gasteiger partial charge in [-0.1, -0.05) is 0 Å². The molecule has 94 valence electrons. The van der Waals surface area contributed by atoms with Gasteiger partial charge in [0, 0.05) is 25.1 Å². The molecule has 0 radical (unpaired) electrons. The van der Waals surface area contributed by atoms with E-state index >= 15 is 0 Å². The Bertz CT molecular complexity index is 379. The van der Waals surface area contributed by atoms with Crippen molar-refractivity contribution in [3.63, 3.8) is 0 Å². The summed E-state index contributed by atoms with van der Waals surface area (Å²) in [5.41, 5.74) is 0. The van der Waals surface area contributed by atoms with E-state index in [-0.39, 0.29) is 12.0 Å². The van der Waals surface area contributed by atoms with Crippen molar-refractivity contribution in [1.29, 1.82) is 0 Å². The van der Waals surface area contributed by atoms with Crippen LogP contribution in [0.4, 0.5) is 0 Å². The third kappa shape index (κ3) is 4.54. The van der Waals surface area contributed by atoms with Crippen LogP contribution in [0.15, 0.2) is 12.1 Å². The Kier molecular flexibility index (Phi) is 5.65. The van der Waals surface area contributed by atoms with E-state index in [0.717, 1.165) is 4.88 Å². The molecular formula is C11H16N2O3S. The van der Waals surface area contributed by atoms with E-state index < -0.39 is 0 Å². The van der Waals surface area contributed by atoms with E-state index in [1.165, 1.54) is 11.3 Å². The van der Waals surface area contributed by atoms with Crippen LogP contribution in [-0.2, 0) is 9.53 Å². The number of hydrogen-bond donors (Lipinski definition) is 2. The molecule has 6 heteroatoms. The fourth-order valence-corrected chi connectivity index (χ4v) is 2.05. The molecular weight excluding hydrogens is 240 g/mol. The predicted molar refractivity (Wildman–Crippen MR) is 66.3 cm³/mol. The number of carbonyl (C=O) groups excluding carboxylic acids is 2. The minimum absolute atomic E-state index is 0.115. The molecule has 0 spiro atoms. The van der Waals surface area contributed by atoms with Crippen molar-refractivity contribution in [1.82, 2.24) is 10.6 Å². The molecule has 2 N–H and O–H groups in total. The van der Waals surface area contributed by atoms with Gasteiger partial charge < -0.3 is 15.4 Å². The van der Waals surface area contributed by atoms with Gasteiger partial charge in [-0.2, -0.15) is 0 Å². The second kappa shape index (κ2) is 7.03. The zero-order valence-electron chi connectivity index (χ0n) is 9.86. The molecule has 1 aromatic rings. The first kappa shape index (κ1) is 13.7. The first-order valence-corrected chi connectivity index (χ1v) is 6.03. The summed E-state index contributed by atoms with van der Waals surface area (Å²) in [6, 6.07) is 3.70. The Morgan fingerprint density at radius 3 is 2.82 bits per heavy atom. The second-order valence-corrected chi connectivity index (χ2v) is 4.79. The first-order valence-electron chi connectivity index (χ1n) is 5.21. The van der Waals surface area contributed by atoms with Crippen molar-refractivity contribution in [2.75, 3.05) is 20.2 Å². The van der Waals surface area contributed by atoms with Crippen LogP contribution in [-0.4, -0.2) is 38.6 Å². The van der Waals surface area contributed by atoms with Gasteiger partial charge in [-0.15, -0.1) is 11.3 Å². The van der Waals surface area contributed by atoms with Gasteiger partial charge in [0.15, 0.2) is 0 Å². The molecule has 1 unspecified atom stereocenters. The summed E-state index contributed by atoms with van der Waals surface area (Å²) in [4.78, 5) is 23.6. The fraction of sp³-hybridized carbons (Fsp3) is 0.455. The van der Waals surface area contributed by atoms with E-state index in [0.29, 0.717) is 24.4 Å². The van der Waals surface area contributed by atoms with Crippen molar-refractivity contribution in [2.24, 2.45) is 0 Å². The third-order valence-electron chi connectivity index (χ3n) is 2.22. The minimum atomic E-state index is -0.217. The highest BCUT2D eigenvalue weighted by Gasteiger charge is 2.11. The standard InChI is InChI=1S/C11H16N2O3S/c1-8-3-4-10(17-8)11(15)13-6-9(16-2)5-12-7-14/h3-4,7,9H,5-6H2,1-2H3,(H,12,14)(H,13,15). The Balaban J connectivity index is 2.38.